The van der Waals surface area contributed by atoms with Crippen molar-refractivity contribution in [3.05, 3.63) is 61.8 Å². The topological polar surface area (TPSA) is 90.5 Å². The zero-order chi connectivity index (χ0) is 24.6. The molecule has 34 heavy (non-hydrogen) atoms. The summed E-state index contributed by atoms with van der Waals surface area (Å²) in [5.41, 5.74) is -0.216. The van der Waals surface area contributed by atoms with Crippen molar-refractivity contribution in [2.75, 3.05) is 18.5 Å². The van der Waals surface area contributed by atoms with Gasteiger partial charge in [-0.1, -0.05) is 36.2 Å². The highest BCUT2D eigenvalue weighted by molar-refractivity contribution is 6.36. The zero-order valence-electron chi connectivity index (χ0n) is 17.7. The molecule has 1 aromatic carbocycles. The van der Waals surface area contributed by atoms with Crippen molar-refractivity contribution in [3.8, 4) is 0 Å². The molecule has 0 saturated carbocycles. The van der Waals surface area contributed by atoms with Crippen LogP contribution in [0.1, 0.15) is 30.4 Å². The van der Waals surface area contributed by atoms with E-state index in [1.54, 1.807) is 0 Å². The maximum atomic E-state index is 13.0. The molecule has 180 valence electrons. The lowest BCUT2D eigenvalue weighted by molar-refractivity contribution is -0.137. The normalized spacial score (nSPS) is 14.4. The molecule has 1 N–H and O–H groups in total. The van der Waals surface area contributed by atoms with Gasteiger partial charge >= 0.3 is 6.18 Å². The SMILES string of the molecule is CCc1cc(=O)n2nc(C3=CCOCC3)nc2n1CC(=O)Nc1cc(Cl)c(C(F)(F)F)cc1Cl. The summed E-state index contributed by atoms with van der Waals surface area (Å²) in [7, 11) is 0. The second-order valence-corrected chi connectivity index (χ2v) is 8.29. The molecule has 0 aliphatic carbocycles. The molecule has 0 bridgehead atoms. The highest BCUT2D eigenvalue weighted by Gasteiger charge is 2.34. The largest absolute Gasteiger partial charge is 0.417 e. The van der Waals surface area contributed by atoms with Crippen LogP contribution in [-0.4, -0.2) is 38.3 Å². The maximum absolute atomic E-state index is 13.0. The van der Waals surface area contributed by atoms with Crippen molar-refractivity contribution in [2.45, 2.75) is 32.5 Å². The number of halogens is 5. The van der Waals surface area contributed by atoms with Gasteiger partial charge in [0.1, 0.15) is 6.54 Å². The van der Waals surface area contributed by atoms with Crippen LogP contribution in [0, 0.1) is 0 Å². The maximum Gasteiger partial charge on any atom is 0.417 e. The number of hydrogen-bond acceptors (Lipinski definition) is 5. The first kappa shape index (κ1) is 24.2. The van der Waals surface area contributed by atoms with Gasteiger partial charge in [-0.15, -0.1) is 5.10 Å². The summed E-state index contributed by atoms with van der Waals surface area (Å²) in [4.78, 5) is 29.8. The van der Waals surface area contributed by atoms with E-state index < -0.39 is 28.2 Å². The third-order valence-electron chi connectivity index (χ3n) is 5.23. The average Bonchev–Trinajstić information content (AvgIpc) is 3.24. The first-order valence-corrected chi connectivity index (χ1v) is 11.0. The molecule has 1 aliphatic heterocycles. The van der Waals surface area contributed by atoms with Gasteiger partial charge in [-0.25, -0.2) is 0 Å². The molecular formula is C21H18Cl2F3N5O3. The Morgan fingerprint density at radius 1 is 1.24 bits per heavy atom. The fourth-order valence-electron chi connectivity index (χ4n) is 3.56. The molecule has 13 heteroatoms. The van der Waals surface area contributed by atoms with E-state index in [0.717, 1.165) is 16.2 Å². The van der Waals surface area contributed by atoms with Crippen LogP contribution in [-0.2, 0) is 28.7 Å². The molecule has 0 fully saturated rings. The van der Waals surface area contributed by atoms with Crippen LogP contribution in [0.2, 0.25) is 10.0 Å². The van der Waals surface area contributed by atoms with Gasteiger partial charge in [-0.2, -0.15) is 22.7 Å². The molecular weight excluding hydrogens is 498 g/mol. The van der Waals surface area contributed by atoms with Crippen molar-refractivity contribution in [1.29, 1.82) is 0 Å². The number of aromatic nitrogens is 4. The summed E-state index contributed by atoms with van der Waals surface area (Å²) < 4.78 is 47.0. The Morgan fingerprint density at radius 3 is 2.65 bits per heavy atom. The molecule has 0 atom stereocenters. The van der Waals surface area contributed by atoms with E-state index in [4.69, 9.17) is 27.9 Å². The Morgan fingerprint density at radius 2 is 2.00 bits per heavy atom. The molecule has 0 spiro atoms. The fraction of sp³-hybridized carbons (Fsp3) is 0.333. The number of amides is 1. The lowest BCUT2D eigenvalue weighted by Crippen LogP contribution is -2.26. The van der Waals surface area contributed by atoms with Crippen molar-refractivity contribution in [2.24, 2.45) is 0 Å². The molecule has 1 amide bonds. The number of nitrogens with one attached hydrogen (secondary N) is 1. The van der Waals surface area contributed by atoms with E-state index in [2.05, 4.69) is 15.4 Å². The highest BCUT2D eigenvalue weighted by atomic mass is 35.5. The first-order valence-electron chi connectivity index (χ1n) is 10.2. The number of benzene rings is 1. The third-order valence-corrected chi connectivity index (χ3v) is 5.85. The summed E-state index contributed by atoms with van der Waals surface area (Å²) in [6.07, 6.45) is -1.85. The van der Waals surface area contributed by atoms with Crippen LogP contribution < -0.4 is 10.9 Å². The Bertz CT molecular complexity index is 1360. The Balaban J connectivity index is 1.67. The quantitative estimate of drug-likeness (QED) is 0.549. The second kappa shape index (κ2) is 9.40. The van der Waals surface area contributed by atoms with Crippen LogP contribution in [0.5, 0.6) is 0 Å². The Labute approximate surface area is 200 Å². The van der Waals surface area contributed by atoms with E-state index in [-0.39, 0.29) is 23.0 Å². The van der Waals surface area contributed by atoms with Crippen molar-refractivity contribution >= 4 is 46.1 Å². The molecule has 3 aromatic rings. The molecule has 4 rings (SSSR count). The summed E-state index contributed by atoms with van der Waals surface area (Å²) in [5.74, 6) is -0.0772. The number of hydrogen-bond donors (Lipinski definition) is 1. The van der Waals surface area contributed by atoms with E-state index in [1.165, 1.54) is 10.6 Å². The van der Waals surface area contributed by atoms with Gasteiger partial charge in [0.05, 0.1) is 34.5 Å². The summed E-state index contributed by atoms with van der Waals surface area (Å²) >= 11 is 11.7. The van der Waals surface area contributed by atoms with Gasteiger partial charge in [-0.05, 0) is 30.5 Å². The standard InChI is InChI=1S/C21H18Cl2F3N5O3/c1-2-12-7-18(33)31-20(28-19(29-31)11-3-5-34-6-4-11)30(12)10-17(32)27-16-9-14(22)13(8-15(16)23)21(24,25)26/h3,7-9H,2,4-6,10H2,1H3,(H,27,32). The molecule has 8 nitrogen and oxygen atoms in total. The number of rotatable bonds is 5. The van der Waals surface area contributed by atoms with E-state index in [9.17, 15) is 22.8 Å². The van der Waals surface area contributed by atoms with Gasteiger partial charge in [-0.3, -0.25) is 9.59 Å². The Kier molecular flexibility index (Phi) is 6.70. The van der Waals surface area contributed by atoms with E-state index in [1.807, 2.05) is 13.0 Å². The van der Waals surface area contributed by atoms with Crippen LogP contribution >= 0.6 is 23.2 Å². The van der Waals surface area contributed by atoms with Gasteiger partial charge in [0.2, 0.25) is 11.7 Å². The first-order chi connectivity index (χ1) is 16.1. The summed E-state index contributed by atoms with van der Waals surface area (Å²) in [6, 6.07) is 2.96. The monoisotopic (exact) mass is 515 g/mol. The van der Waals surface area contributed by atoms with E-state index >= 15 is 0 Å². The van der Waals surface area contributed by atoms with Gasteiger partial charge < -0.3 is 14.6 Å². The molecule has 3 heterocycles. The lowest BCUT2D eigenvalue weighted by Gasteiger charge is -2.15. The number of anilines is 1. The van der Waals surface area contributed by atoms with Crippen LogP contribution in [0.25, 0.3) is 11.4 Å². The van der Waals surface area contributed by atoms with Crippen molar-refractivity contribution in [1.82, 2.24) is 19.2 Å². The summed E-state index contributed by atoms with van der Waals surface area (Å²) in [5, 5.41) is 5.85. The van der Waals surface area contributed by atoms with Crippen LogP contribution in [0.4, 0.5) is 18.9 Å². The fourth-order valence-corrected chi connectivity index (χ4v) is 4.04. The summed E-state index contributed by atoms with van der Waals surface area (Å²) in [6.45, 7) is 2.44. The number of nitrogens with zero attached hydrogens (tertiary/aromatic N) is 4. The molecule has 0 radical (unpaired) electrons. The predicted molar refractivity (Wildman–Crippen MR) is 120 cm³/mol. The average molecular weight is 516 g/mol. The van der Waals surface area contributed by atoms with Gasteiger partial charge in [0, 0.05) is 11.8 Å². The predicted octanol–water partition coefficient (Wildman–Crippen LogP) is 4.22. The number of fused-ring (bicyclic) bond motifs is 1. The number of carbonyl (C=O) groups is 1. The number of alkyl halides is 3. The minimum Gasteiger partial charge on any atom is -0.377 e. The molecule has 0 unspecified atom stereocenters. The minimum absolute atomic E-state index is 0.0747. The molecule has 2 aromatic heterocycles. The molecule has 0 saturated heterocycles. The highest BCUT2D eigenvalue weighted by Crippen LogP contribution is 2.39. The number of carbonyl (C=O) groups excluding carboxylic acids is 1. The van der Waals surface area contributed by atoms with Crippen LogP contribution in [0.3, 0.4) is 0 Å². The van der Waals surface area contributed by atoms with Crippen molar-refractivity contribution in [3.63, 3.8) is 0 Å². The minimum atomic E-state index is -4.69. The Hall–Kier alpha value is -2.89. The second-order valence-electron chi connectivity index (χ2n) is 7.47. The number of ether oxygens (including phenoxy) is 1. The zero-order valence-corrected chi connectivity index (χ0v) is 19.3. The van der Waals surface area contributed by atoms with Crippen LogP contribution in [0.15, 0.2) is 29.1 Å². The third kappa shape index (κ3) is 4.82. The lowest BCUT2D eigenvalue weighted by atomic mass is 10.1. The van der Waals surface area contributed by atoms with Gasteiger partial charge in [0.25, 0.3) is 5.56 Å². The molecule has 1 aliphatic rings. The van der Waals surface area contributed by atoms with Crippen molar-refractivity contribution < 1.29 is 22.7 Å². The number of aryl methyl sites for hydroxylation is 1. The smallest absolute Gasteiger partial charge is 0.377 e. The van der Waals surface area contributed by atoms with Gasteiger partial charge in [0.15, 0.2) is 5.82 Å². The van der Waals surface area contributed by atoms with E-state index in [0.29, 0.717) is 43.6 Å².